The first-order valence-electron chi connectivity index (χ1n) is 9.76. The Morgan fingerprint density at radius 2 is 1.65 bits per heavy atom. The van der Waals surface area contributed by atoms with E-state index >= 15 is 0 Å². The summed E-state index contributed by atoms with van der Waals surface area (Å²) in [6.07, 6.45) is 4.05. The molecular formula is C23H23N3. The van der Waals surface area contributed by atoms with E-state index in [0.29, 0.717) is 0 Å². The fraction of sp³-hybridized carbons (Fsp3) is 0.391. The number of hydrogen-bond acceptors (Lipinski definition) is 2. The summed E-state index contributed by atoms with van der Waals surface area (Å²) >= 11 is 0. The molecule has 6 rings (SSSR count). The van der Waals surface area contributed by atoms with Crippen LogP contribution in [0, 0.1) is 0 Å². The minimum atomic E-state index is -0.0477. The minimum absolute atomic E-state index is 0.0477. The Bertz CT molecular complexity index is 1210. The first kappa shape index (κ1) is 14.7. The molecule has 1 saturated carbocycles. The van der Waals surface area contributed by atoms with Crippen molar-refractivity contribution in [2.45, 2.75) is 57.3 Å². The van der Waals surface area contributed by atoms with E-state index in [9.17, 15) is 0 Å². The molecule has 2 aromatic carbocycles. The highest BCUT2D eigenvalue weighted by Crippen LogP contribution is 2.53. The zero-order valence-corrected chi connectivity index (χ0v) is 15.6. The Balaban J connectivity index is 1.81. The van der Waals surface area contributed by atoms with Crippen molar-refractivity contribution < 1.29 is 0 Å². The van der Waals surface area contributed by atoms with Crippen LogP contribution in [0.5, 0.6) is 0 Å². The van der Waals surface area contributed by atoms with Crippen molar-refractivity contribution in [3.05, 3.63) is 53.3 Å². The fourth-order valence-corrected chi connectivity index (χ4v) is 5.23. The summed E-state index contributed by atoms with van der Waals surface area (Å²) in [5.74, 6) is 2.62. The van der Waals surface area contributed by atoms with E-state index in [1.54, 1.807) is 11.1 Å². The Kier molecular flexibility index (Phi) is 2.63. The van der Waals surface area contributed by atoms with Gasteiger partial charge in [-0.2, -0.15) is 0 Å². The third-order valence-electron chi connectivity index (χ3n) is 6.43. The third-order valence-corrected chi connectivity index (χ3v) is 6.43. The summed E-state index contributed by atoms with van der Waals surface area (Å²) in [6, 6.07) is 13.2. The van der Waals surface area contributed by atoms with Gasteiger partial charge in [0.25, 0.3) is 0 Å². The largest absolute Gasteiger partial charge is 0.279 e. The lowest BCUT2D eigenvalue weighted by molar-refractivity contribution is 0.542. The van der Waals surface area contributed by atoms with Crippen LogP contribution in [-0.4, -0.2) is 14.4 Å². The van der Waals surface area contributed by atoms with E-state index in [4.69, 9.17) is 9.97 Å². The number of fused-ring (bicyclic) bond motifs is 10. The van der Waals surface area contributed by atoms with Crippen molar-refractivity contribution in [3.8, 4) is 0 Å². The van der Waals surface area contributed by atoms with Gasteiger partial charge in [-0.25, -0.2) is 9.97 Å². The number of benzene rings is 2. The first-order chi connectivity index (χ1) is 12.5. The van der Waals surface area contributed by atoms with Gasteiger partial charge in [0.1, 0.15) is 11.5 Å². The standard InChI is InChI=1S/C23H23N3/c1-23(2,3)22-25-18-7-5-4-6-15(18)21-24-19-11-16-13-8-9-14(10-13)17(16)12-20(19)26(21)22/h4-7,11-14H,8-10H2,1-3H3. The van der Waals surface area contributed by atoms with Crippen LogP contribution < -0.4 is 0 Å². The topological polar surface area (TPSA) is 30.2 Å². The van der Waals surface area contributed by atoms with Gasteiger partial charge in [-0.05, 0) is 66.5 Å². The van der Waals surface area contributed by atoms with E-state index in [1.165, 1.54) is 24.8 Å². The molecule has 2 aliphatic carbocycles. The second-order valence-electron chi connectivity index (χ2n) is 9.15. The lowest BCUT2D eigenvalue weighted by Gasteiger charge is -2.21. The van der Waals surface area contributed by atoms with Crippen LogP contribution in [0.3, 0.4) is 0 Å². The van der Waals surface area contributed by atoms with Crippen LogP contribution in [0.15, 0.2) is 36.4 Å². The molecule has 1 fully saturated rings. The zero-order valence-electron chi connectivity index (χ0n) is 15.6. The van der Waals surface area contributed by atoms with Gasteiger partial charge < -0.3 is 0 Å². The van der Waals surface area contributed by atoms with Crippen molar-refractivity contribution in [1.29, 1.82) is 0 Å². The Labute approximate surface area is 153 Å². The lowest BCUT2D eigenvalue weighted by Crippen LogP contribution is -2.19. The normalized spacial score (nSPS) is 22.0. The fourth-order valence-electron chi connectivity index (χ4n) is 5.23. The van der Waals surface area contributed by atoms with Gasteiger partial charge in [0.15, 0.2) is 0 Å². The van der Waals surface area contributed by atoms with Crippen LogP contribution in [0.1, 0.15) is 68.8 Å². The molecule has 0 spiro atoms. The quantitative estimate of drug-likeness (QED) is 0.411. The SMILES string of the molecule is CC(C)(C)c1nc2ccccc2c2nc3cc4c(cc3n12)C1CCC4C1. The predicted octanol–water partition coefficient (Wildman–Crippen LogP) is 5.70. The molecule has 26 heavy (non-hydrogen) atoms. The Hall–Kier alpha value is -2.42. The highest BCUT2D eigenvalue weighted by molar-refractivity contribution is 5.97. The summed E-state index contributed by atoms with van der Waals surface area (Å²) in [7, 11) is 0. The second-order valence-corrected chi connectivity index (χ2v) is 9.15. The number of hydrogen-bond donors (Lipinski definition) is 0. The van der Waals surface area contributed by atoms with E-state index in [1.807, 2.05) is 0 Å². The van der Waals surface area contributed by atoms with Gasteiger partial charge in [-0.1, -0.05) is 32.9 Å². The van der Waals surface area contributed by atoms with Crippen LogP contribution in [0.25, 0.3) is 27.6 Å². The molecule has 2 atom stereocenters. The van der Waals surface area contributed by atoms with Crippen LogP contribution in [0.2, 0.25) is 0 Å². The van der Waals surface area contributed by atoms with Crippen LogP contribution in [0.4, 0.5) is 0 Å². The highest BCUT2D eigenvalue weighted by Gasteiger charge is 2.37. The Morgan fingerprint density at radius 1 is 0.923 bits per heavy atom. The molecule has 0 saturated heterocycles. The summed E-state index contributed by atoms with van der Waals surface area (Å²) in [6.45, 7) is 6.72. The van der Waals surface area contributed by atoms with Crippen LogP contribution in [-0.2, 0) is 5.41 Å². The van der Waals surface area contributed by atoms with Crippen molar-refractivity contribution in [1.82, 2.24) is 14.4 Å². The van der Waals surface area contributed by atoms with E-state index < -0.39 is 0 Å². The monoisotopic (exact) mass is 341 g/mol. The molecule has 130 valence electrons. The third kappa shape index (κ3) is 1.78. The van der Waals surface area contributed by atoms with Crippen molar-refractivity contribution in [2.75, 3.05) is 0 Å². The molecule has 3 nitrogen and oxygen atoms in total. The van der Waals surface area contributed by atoms with Gasteiger partial charge in [0, 0.05) is 10.8 Å². The summed E-state index contributed by atoms with van der Waals surface area (Å²) in [5, 5.41) is 1.14. The number of rotatable bonds is 0. The molecule has 2 unspecified atom stereocenters. The summed E-state index contributed by atoms with van der Waals surface area (Å²) in [5.41, 5.74) is 7.53. The second kappa shape index (κ2) is 4.64. The maximum absolute atomic E-state index is 5.10. The average Bonchev–Trinajstić information content (AvgIpc) is 3.31. The van der Waals surface area contributed by atoms with Crippen molar-refractivity contribution in [3.63, 3.8) is 0 Å². The van der Waals surface area contributed by atoms with E-state index in [2.05, 4.69) is 61.6 Å². The van der Waals surface area contributed by atoms with Crippen LogP contribution >= 0.6 is 0 Å². The molecule has 0 N–H and O–H groups in total. The molecule has 2 aliphatic rings. The number of para-hydroxylation sites is 1. The lowest BCUT2D eigenvalue weighted by atomic mass is 9.91. The molecule has 4 aromatic rings. The Morgan fingerprint density at radius 3 is 2.42 bits per heavy atom. The smallest absolute Gasteiger partial charge is 0.148 e. The zero-order chi connectivity index (χ0) is 17.6. The maximum atomic E-state index is 5.10. The van der Waals surface area contributed by atoms with Gasteiger partial charge in [0.05, 0.1) is 16.6 Å². The molecule has 2 bridgehead atoms. The molecule has 3 heteroatoms. The highest BCUT2D eigenvalue weighted by atomic mass is 15.1. The van der Waals surface area contributed by atoms with Crippen molar-refractivity contribution in [2.24, 2.45) is 0 Å². The molecule has 0 radical (unpaired) electrons. The average molecular weight is 341 g/mol. The van der Waals surface area contributed by atoms with Crippen molar-refractivity contribution >= 4 is 27.6 Å². The number of nitrogens with zero attached hydrogens (tertiary/aromatic N) is 3. The molecule has 2 aromatic heterocycles. The molecule has 2 heterocycles. The molecule has 0 amide bonds. The summed E-state index contributed by atoms with van der Waals surface area (Å²) in [4.78, 5) is 10.2. The van der Waals surface area contributed by atoms with Gasteiger partial charge in [-0.3, -0.25) is 4.40 Å². The van der Waals surface area contributed by atoms with E-state index in [0.717, 1.165) is 39.7 Å². The minimum Gasteiger partial charge on any atom is -0.279 e. The van der Waals surface area contributed by atoms with Gasteiger partial charge >= 0.3 is 0 Å². The molecule has 0 aliphatic heterocycles. The van der Waals surface area contributed by atoms with Gasteiger partial charge in [-0.15, -0.1) is 0 Å². The number of imidazole rings is 1. The molecular weight excluding hydrogens is 318 g/mol. The predicted molar refractivity (Wildman–Crippen MR) is 106 cm³/mol. The summed E-state index contributed by atoms with van der Waals surface area (Å²) < 4.78 is 2.32. The van der Waals surface area contributed by atoms with Gasteiger partial charge in [0.2, 0.25) is 0 Å². The first-order valence-corrected chi connectivity index (χ1v) is 9.76. The maximum Gasteiger partial charge on any atom is 0.148 e. The number of aromatic nitrogens is 3. The van der Waals surface area contributed by atoms with E-state index in [-0.39, 0.29) is 5.41 Å².